The highest BCUT2D eigenvalue weighted by Gasteiger charge is 2.43. The number of hydrogen-bond acceptors (Lipinski definition) is 5. The van der Waals surface area contributed by atoms with Crippen LogP contribution in [0.25, 0.3) is 45.0 Å². The Morgan fingerprint density at radius 2 is 1.24 bits per heavy atom. The molecule has 3 heterocycles. The molecule has 0 fully saturated rings. The van der Waals surface area contributed by atoms with Crippen molar-refractivity contribution in [3.05, 3.63) is 234 Å². The summed E-state index contributed by atoms with van der Waals surface area (Å²) in [7, 11) is 0. The van der Waals surface area contributed by atoms with Gasteiger partial charge < -0.3 is 0 Å². The summed E-state index contributed by atoms with van der Waals surface area (Å²) in [5, 5.41) is 2.20. The summed E-state index contributed by atoms with van der Waals surface area (Å²) in [4.78, 5) is 19.8. The molecule has 1 aliphatic carbocycles. The van der Waals surface area contributed by atoms with Gasteiger partial charge in [-0.2, -0.15) is 0 Å². The number of hydrogen-bond donors (Lipinski definition) is 0. The van der Waals surface area contributed by atoms with Crippen LogP contribution < -0.4 is 0 Å². The minimum absolute atomic E-state index is 0.422. The van der Waals surface area contributed by atoms with E-state index in [2.05, 4.69) is 144 Å². The van der Waals surface area contributed by atoms with E-state index in [-0.39, 0.29) is 0 Å². The lowest BCUT2D eigenvalue weighted by Gasteiger charge is -2.31. The topological polar surface area (TPSA) is 51.6 Å². The molecule has 54 heavy (non-hydrogen) atoms. The van der Waals surface area contributed by atoms with E-state index in [1.54, 1.807) is 18.1 Å². The van der Waals surface area contributed by atoms with E-state index in [0.29, 0.717) is 11.6 Å². The van der Waals surface area contributed by atoms with Crippen molar-refractivity contribution in [3.63, 3.8) is 0 Å². The second-order valence-corrected chi connectivity index (χ2v) is 14.2. The quantitative estimate of drug-likeness (QED) is 0.172. The zero-order chi connectivity index (χ0) is 36.5. The fraction of sp³-hybridized carbons (Fsp3) is 0.0204. The fourth-order valence-electron chi connectivity index (χ4n) is 7.61. The van der Waals surface area contributed by atoms with Crippen molar-refractivity contribution in [3.8, 4) is 33.9 Å². The Bertz CT molecular complexity index is 2640. The van der Waals surface area contributed by atoms with E-state index in [4.69, 9.17) is 9.97 Å². The summed E-state index contributed by atoms with van der Waals surface area (Å²) >= 11 is 1.72. The lowest BCUT2D eigenvalue weighted by molar-refractivity contribution is 0.783. The summed E-state index contributed by atoms with van der Waals surface area (Å²) in [5.74, 6) is 1.23. The number of rotatable bonds is 6. The molecule has 0 amide bonds. The number of fused-ring (bicyclic) bond motifs is 7. The van der Waals surface area contributed by atoms with Crippen molar-refractivity contribution in [2.24, 2.45) is 0 Å². The monoisotopic (exact) mass is 710 g/mol. The normalized spacial score (nSPS) is 15.9. The van der Waals surface area contributed by atoms with Crippen LogP contribution >= 0.6 is 11.8 Å². The van der Waals surface area contributed by atoms with Gasteiger partial charge in [-0.1, -0.05) is 171 Å². The number of aromatic nitrogens is 4. The van der Waals surface area contributed by atoms with E-state index in [9.17, 15) is 0 Å². The second kappa shape index (κ2) is 14.0. The predicted octanol–water partition coefficient (Wildman–Crippen LogP) is 11.8. The van der Waals surface area contributed by atoms with Crippen molar-refractivity contribution in [2.45, 2.75) is 10.3 Å². The van der Waals surface area contributed by atoms with Crippen LogP contribution in [0, 0.1) is 0 Å². The van der Waals surface area contributed by atoms with Crippen LogP contribution in [0.4, 0.5) is 0 Å². The Kier molecular flexibility index (Phi) is 8.62. The second-order valence-electron chi connectivity index (χ2n) is 13.2. The molecule has 0 N–H and O–H groups in total. The Morgan fingerprint density at radius 3 is 2.02 bits per heavy atom. The number of thioether (sulfide) groups is 1. The zero-order valence-corrected chi connectivity index (χ0v) is 30.2. The summed E-state index contributed by atoms with van der Waals surface area (Å²) in [6.45, 7) is 9.18. The average molecular weight is 711 g/mol. The third-order valence-electron chi connectivity index (χ3n) is 10.2. The zero-order valence-electron chi connectivity index (χ0n) is 29.4. The van der Waals surface area contributed by atoms with Crippen molar-refractivity contribution < 1.29 is 0 Å². The maximum absolute atomic E-state index is 4.88. The fourth-order valence-corrected chi connectivity index (χ4v) is 8.60. The van der Waals surface area contributed by atoms with Crippen molar-refractivity contribution in [1.29, 1.82) is 0 Å². The highest BCUT2D eigenvalue weighted by atomic mass is 32.2. The third kappa shape index (κ3) is 5.76. The molecule has 0 atom stereocenters. The molecule has 5 aromatic carbocycles. The molecule has 9 rings (SSSR count). The number of pyridine rings is 1. The molecule has 0 radical (unpaired) electrons. The van der Waals surface area contributed by atoms with Gasteiger partial charge in [0.2, 0.25) is 0 Å². The van der Waals surface area contributed by atoms with Crippen molar-refractivity contribution in [1.82, 2.24) is 19.9 Å². The number of allylic oxidation sites excluding steroid dienone is 6. The maximum atomic E-state index is 4.88. The number of benzene rings is 5. The standard InChI is InChI=1S/C49H34N4S/c1-33(36-19-14-20-37(30-36)48-52-32-51-47(53-48)35-16-4-3-5-17-35)39-23-15-29-50-46(39)34(2)38-18-12-13-28-49(44-26-10-11-27-45(44)54-31-38)42-24-8-6-21-40(42)41-22-7-9-25-43(41)49/h3-32H,1-2H2/b18-12-,28-13-,38-31+. The van der Waals surface area contributed by atoms with Gasteiger partial charge in [0.15, 0.2) is 11.6 Å². The Balaban J connectivity index is 1.06. The van der Waals surface area contributed by atoms with Gasteiger partial charge in [0.05, 0.1) is 11.1 Å². The molecule has 1 aliphatic heterocycles. The predicted molar refractivity (Wildman–Crippen MR) is 223 cm³/mol. The lowest BCUT2D eigenvalue weighted by atomic mass is 9.72. The van der Waals surface area contributed by atoms with Crippen molar-refractivity contribution >= 4 is 22.9 Å². The summed E-state index contributed by atoms with van der Waals surface area (Å²) < 4.78 is 0. The van der Waals surface area contributed by atoms with Crippen LogP contribution in [-0.2, 0) is 5.41 Å². The number of nitrogens with zero attached hydrogens (tertiary/aromatic N) is 4. The van der Waals surface area contributed by atoms with Gasteiger partial charge in [-0.3, -0.25) is 4.98 Å². The Hall–Kier alpha value is -6.69. The van der Waals surface area contributed by atoms with Gasteiger partial charge in [0.1, 0.15) is 6.33 Å². The van der Waals surface area contributed by atoms with Gasteiger partial charge >= 0.3 is 0 Å². The minimum Gasteiger partial charge on any atom is -0.256 e. The Labute approximate surface area is 319 Å². The summed E-state index contributed by atoms with van der Waals surface area (Å²) in [6, 6.07) is 48.4. The van der Waals surface area contributed by atoms with E-state index in [1.165, 1.54) is 32.7 Å². The molecular formula is C49H34N4S. The van der Waals surface area contributed by atoms with Gasteiger partial charge in [0, 0.05) is 33.4 Å². The van der Waals surface area contributed by atoms with E-state index in [1.807, 2.05) is 54.7 Å². The molecule has 0 saturated heterocycles. The highest BCUT2D eigenvalue weighted by Crippen LogP contribution is 2.55. The molecule has 1 spiro atoms. The first kappa shape index (κ1) is 33.2. The van der Waals surface area contributed by atoms with E-state index < -0.39 is 5.41 Å². The summed E-state index contributed by atoms with van der Waals surface area (Å²) in [5.41, 5.74) is 13.1. The van der Waals surface area contributed by atoms with Gasteiger partial charge in [-0.15, -0.1) is 0 Å². The SMILES string of the molecule is C=C(c1cccc(-c2ncnc(-c3ccccc3)n2)c1)c1cccnc1C(=C)C1=C/Sc2ccccc2C2(\C=C/C=C\1)c1ccccc1-c1ccccc12. The van der Waals surface area contributed by atoms with Crippen LogP contribution in [0.15, 0.2) is 205 Å². The smallest absolute Gasteiger partial charge is 0.163 e. The van der Waals surface area contributed by atoms with Gasteiger partial charge in [-0.25, -0.2) is 15.0 Å². The van der Waals surface area contributed by atoms with Crippen LogP contribution in [0.3, 0.4) is 0 Å². The molecule has 256 valence electrons. The van der Waals surface area contributed by atoms with Crippen LogP contribution in [0.5, 0.6) is 0 Å². The largest absolute Gasteiger partial charge is 0.256 e. The molecule has 2 aliphatic rings. The molecule has 4 nitrogen and oxygen atoms in total. The molecule has 0 bridgehead atoms. The van der Waals surface area contributed by atoms with Crippen LogP contribution in [0.1, 0.15) is 33.5 Å². The lowest BCUT2D eigenvalue weighted by Crippen LogP contribution is -2.25. The molecule has 5 heteroatoms. The third-order valence-corrected chi connectivity index (χ3v) is 11.2. The molecule has 2 aromatic heterocycles. The molecular weight excluding hydrogens is 677 g/mol. The minimum atomic E-state index is -0.422. The van der Waals surface area contributed by atoms with Gasteiger partial charge in [-0.05, 0) is 68.1 Å². The summed E-state index contributed by atoms with van der Waals surface area (Å²) in [6.07, 6.45) is 12.2. The maximum Gasteiger partial charge on any atom is 0.163 e. The van der Waals surface area contributed by atoms with Gasteiger partial charge in [0.25, 0.3) is 0 Å². The van der Waals surface area contributed by atoms with E-state index in [0.717, 1.165) is 44.7 Å². The van der Waals surface area contributed by atoms with Crippen LogP contribution in [-0.4, -0.2) is 19.9 Å². The average Bonchev–Trinajstić information content (AvgIpc) is 3.53. The first-order valence-corrected chi connectivity index (χ1v) is 18.7. The Morgan fingerprint density at radius 1 is 0.574 bits per heavy atom. The molecule has 7 aromatic rings. The first-order valence-electron chi connectivity index (χ1n) is 17.8. The van der Waals surface area contributed by atoms with Crippen molar-refractivity contribution in [2.75, 3.05) is 0 Å². The molecule has 0 unspecified atom stereocenters. The molecule has 0 saturated carbocycles. The first-order chi connectivity index (χ1) is 26.6. The highest BCUT2D eigenvalue weighted by molar-refractivity contribution is 8.02. The van der Waals surface area contributed by atoms with E-state index >= 15 is 0 Å². The van der Waals surface area contributed by atoms with Crippen LogP contribution in [0.2, 0.25) is 0 Å².